The molecule has 0 amide bonds. The Morgan fingerprint density at radius 3 is 2.43 bits per heavy atom. The molecule has 126 valence electrons. The average molecular weight is 324 g/mol. The van der Waals surface area contributed by atoms with E-state index in [2.05, 4.69) is 0 Å². The van der Waals surface area contributed by atoms with E-state index >= 15 is 0 Å². The van der Waals surface area contributed by atoms with Crippen LogP contribution in [0, 0.1) is 0 Å². The maximum absolute atomic E-state index is 11.8. The van der Waals surface area contributed by atoms with Crippen molar-refractivity contribution >= 4 is 12.0 Å². The highest BCUT2D eigenvalue weighted by Crippen LogP contribution is 2.22. The third-order valence-electron chi connectivity index (χ3n) is 3.58. The minimum Gasteiger partial charge on any atom is -0.497 e. The first-order valence-corrected chi connectivity index (χ1v) is 7.15. The number of aliphatic hydroxyl groups is 3. The van der Waals surface area contributed by atoms with Crippen LogP contribution in [0.5, 0.6) is 5.75 Å². The van der Waals surface area contributed by atoms with E-state index in [1.807, 2.05) is 0 Å². The number of benzene rings is 1. The van der Waals surface area contributed by atoms with E-state index in [9.17, 15) is 20.1 Å². The molecule has 3 N–H and O–H groups in total. The highest BCUT2D eigenvalue weighted by Gasteiger charge is 2.43. The van der Waals surface area contributed by atoms with Crippen molar-refractivity contribution < 1.29 is 34.3 Å². The van der Waals surface area contributed by atoms with E-state index in [4.69, 9.17) is 14.2 Å². The number of aliphatic hydroxyl groups excluding tert-OH is 3. The summed E-state index contributed by atoms with van der Waals surface area (Å²) in [7, 11) is 1.56. The fraction of sp³-hybridized carbons (Fsp3) is 0.438. The standard InChI is InChI=1S/C16H20O7/c1-9-15(13(18)14(19)16(20)22-9)23-12(17)8-5-10-3-6-11(21-2)7-4-10/h3-9,13-16,18-20H,1-2H3/t9-,13-,14+,15-,16+/m0/s1. The Hall–Kier alpha value is -1.93. The van der Waals surface area contributed by atoms with Crippen LogP contribution in [0.25, 0.3) is 6.08 Å². The van der Waals surface area contributed by atoms with Crippen LogP contribution in [0.3, 0.4) is 0 Å². The Labute approximate surface area is 133 Å². The zero-order valence-corrected chi connectivity index (χ0v) is 12.8. The van der Waals surface area contributed by atoms with E-state index in [-0.39, 0.29) is 0 Å². The van der Waals surface area contributed by atoms with E-state index in [0.29, 0.717) is 5.75 Å². The van der Waals surface area contributed by atoms with Crippen LogP contribution in [0.15, 0.2) is 30.3 Å². The number of carbonyl (C=O) groups is 1. The van der Waals surface area contributed by atoms with Gasteiger partial charge in [0.1, 0.15) is 18.0 Å². The number of methoxy groups -OCH3 is 1. The first kappa shape index (κ1) is 17.4. The van der Waals surface area contributed by atoms with Crippen LogP contribution in [0.1, 0.15) is 12.5 Å². The Morgan fingerprint density at radius 2 is 1.83 bits per heavy atom. The van der Waals surface area contributed by atoms with Crippen molar-refractivity contribution in [2.24, 2.45) is 0 Å². The molecule has 1 aromatic carbocycles. The van der Waals surface area contributed by atoms with Gasteiger partial charge in [-0.15, -0.1) is 0 Å². The van der Waals surface area contributed by atoms with Gasteiger partial charge < -0.3 is 29.5 Å². The molecule has 1 heterocycles. The van der Waals surface area contributed by atoms with Gasteiger partial charge in [0.2, 0.25) is 0 Å². The molecule has 1 aromatic rings. The molecule has 1 fully saturated rings. The molecule has 0 saturated carbocycles. The van der Waals surface area contributed by atoms with Gasteiger partial charge in [-0.2, -0.15) is 0 Å². The zero-order valence-electron chi connectivity index (χ0n) is 12.8. The van der Waals surface area contributed by atoms with Crippen molar-refractivity contribution in [3.63, 3.8) is 0 Å². The summed E-state index contributed by atoms with van der Waals surface area (Å²) in [5.74, 6) is 0.0116. The van der Waals surface area contributed by atoms with E-state index in [0.717, 1.165) is 5.56 Å². The number of carbonyl (C=O) groups excluding carboxylic acids is 1. The molecule has 0 aliphatic carbocycles. The number of hydrogen-bond acceptors (Lipinski definition) is 7. The maximum Gasteiger partial charge on any atom is 0.331 e. The molecule has 5 atom stereocenters. The number of ether oxygens (including phenoxy) is 3. The summed E-state index contributed by atoms with van der Waals surface area (Å²) in [6.45, 7) is 1.53. The van der Waals surface area contributed by atoms with Gasteiger partial charge >= 0.3 is 5.97 Å². The molecule has 1 aliphatic rings. The smallest absolute Gasteiger partial charge is 0.331 e. The molecule has 7 heteroatoms. The fourth-order valence-corrected chi connectivity index (χ4v) is 2.24. The normalized spacial score (nSPS) is 31.1. The predicted molar refractivity (Wildman–Crippen MR) is 80.5 cm³/mol. The van der Waals surface area contributed by atoms with Crippen molar-refractivity contribution in [2.75, 3.05) is 7.11 Å². The first-order valence-electron chi connectivity index (χ1n) is 7.15. The van der Waals surface area contributed by atoms with Crippen LogP contribution < -0.4 is 4.74 Å². The van der Waals surface area contributed by atoms with Crippen molar-refractivity contribution in [1.29, 1.82) is 0 Å². The molecule has 1 saturated heterocycles. The van der Waals surface area contributed by atoms with Crippen LogP contribution in [-0.4, -0.2) is 59.1 Å². The second kappa shape index (κ2) is 7.56. The highest BCUT2D eigenvalue weighted by atomic mass is 16.7. The minimum atomic E-state index is -1.53. The molecule has 0 aromatic heterocycles. The molecular formula is C16H20O7. The lowest BCUT2D eigenvalue weighted by atomic mass is 10.00. The first-order chi connectivity index (χ1) is 10.9. The molecule has 7 nitrogen and oxygen atoms in total. The van der Waals surface area contributed by atoms with Crippen LogP contribution in [0.4, 0.5) is 0 Å². The Kier molecular flexibility index (Phi) is 5.73. The van der Waals surface area contributed by atoms with Gasteiger partial charge in [0, 0.05) is 6.08 Å². The molecule has 0 unspecified atom stereocenters. The maximum atomic E-state index is 11.8. The number of rotatable bonds is 4. The summed E-state index contributed by atoms with van der Waals surface area (Å²) >= 11 is 0. The molecule has 1 aliphatic heterocycles. The van der Waals surface area contributed by atoms with Gasteiger partial charge in [-0.1, -0.05) is 12.1 Å². The van der Waals surface area contributed by atoms with Gasteiger partial charge in [0.15, 0.2) is 12.4 Å². The van der Waals surface area contributed by atoms with Crippen molar-refractivity contribution in [3.8, 4) is 5.75 Å². The average Bonchev–Trinajstić information content (AvgIpc) is 2.55. The van der Waals surface area contributed by atoms with Gasteiger partial charge in [0.25, 0.3) is 0 Å². The largest absolute Gasteiger partial charge is 0.497 e. The topological polar surface area (TPSA) is 105 Å². The molecular weight excluding hydrogens is 304 g/mol. The second-order valence-corrected chi connectivity index (χ2v) is 5.22. The van der Waals surface area contributed by atoms with Gasteiger partial charge in [0.05, 0.1) is 13.2 Å². The molecule has 2 rings (SSSR count). The number of hydrogen-bond donors (Lipinski definition) is 3. The Bertz CT molecular complexity index is 554. The minimum absolute atomic E-state index is 0.691. The lowest BCUT2D eigenvalue weighted by molar-refractivity contribution is -0.280. The van der Waals surface area contributed by atoms with Crippen LogP contribution in [-0.2, 0) is 14.3 Å². The lowest BCUT2D eigenvalue weighted by Gasteiger charge is -2.38. The third kappa shape index (κ3) is 4.29. The Morgan fingerprint density at radius 1 is 1.17 bits per heavy atom. The van der Waals surface area contributed by atoms with Crippen LogP contribution in [0.2, 0.25) is 0 Å². The van der Waals surface area contributed by atoms with Crippen molar-refractivity contribution in [1.82, 2.24) is 0 Å². The van der Waals surface area contributed by atoms with Gasteiger partial charge in [-0.3, -0.25) is 0 Å². The van der Waals surface area contributed by atoms with Crippen molar-refractivity contribution in [3.05, 3.63) is 35.9 Å². The summed E-state index contributed by atoms with van der Waals surface area (Å²) in [6.07, 6.45) is -3.53. The third-order valence-corrected chi connectivity index (χ3v) is 3.58. The van der Waals surface area contributed by atoms with Gasteiger partial charge in [-0.25, -0.2) is 4.79 Å². The SMILES string of the molecule is COc1ccc(C=CC(=O)O[C@@H]2[C@@H](O)[C@@H](O)[C@H](O)O[C@H]2C)cc1. The summed E-state index contributed by atoms with van der Waals surface area (Å²) in [6, 6.07) is 7.04. The quantitative estimate of drug-likeness (QED) is 0.532. The number of esters is 1. The lowest BCUT2D eigenvalue weighted by Crippen LogP contribution is -2.57. The summed E-state index contributed by atoms with van der Waals surface area (Å²) in [5, 5.41) is 28.8. The summed E-state index contributed by atoms with van der Waals surface area (Å²) < 4.78 is 15.1. The molecule has 0 spiro atoms. The highest BCUT2D eigenvalue weighted by molar-refractivity contribution is 5.87. The molecule has 23 heavy (non-hydrogen) atoms. The fourth-order valence-electron chi connectivity index (χ4n) is 2.24. The summed E-state index contributed by atoms with van der Waals surface area (Å²) in [5.41, 5.74) is 0.770. The van der Waals surface area contributed by atoms with Gasteiger partial charge in [-0.05, 0) is 30.7 Å². The Balaban J connectivity index is 1.96. The molecule has 0 bridgehead atoms. The second-order valence-electron chi connectivity index (χ2n) is 5.22. The van der Waals surface area contributed by atoms with E-state index < -0.39 is 36.7 Å². The zero-order chi connectivity index (χ0) is 17.0. The van der Waals surface area contributed by atoms with Crippen LogP contribution >= 0.6 is 0 Å². The van der Waals surface area contributed by atoms with E-state index in [1.54, 1.807) is 37.5 Å². The monoisotopic (exact) mass is 324 g/mol. The summed E-state index contributed by atoms with van der Waals surface area (Å²) in [4.78, 5) is 11.8. The predicted octanol–water partition coefficient (Wildman–Crippen LogP) is 0.0791. The van der Waals surface area contributed by atoms with Crippen molar-refractivity contribution in [2.45, 2.75) is 37.6 Å². The molecule has 0 radical (unpaired) electrons. The van der Waals surface area contributed by atoms with E-state index in [1.165, 1.54) is 13.0 Å².